The number of para-hydroxylation sites is 1. The largest absolute Gasteiger partial charge is 0.289 e. The quantitative estimate of drug-likeness (QED) is 0.671. The second-order valence-corrected chi connectivity index (χ2v) is 4.86. The van der Waals surface area contributed by atoms with Crippen LogP contribution in [0.15, 0.2) is 58.7 Å². The molecule has 0 fully saturated rings. The number of ketones is 1. The van der Waals surface area contributed by atoms with E-state index in [2.05, 4.69) is 15.9 Å². The van der Waals surface area contributed by atoms with Gasteiger partial charge in [0.15, 0.2) is 5.78 Å². The molecule has 4 heteroatoms. The summed E-state index contributed by atoms with van der Waals surface area (Å²) in [5.41, 5.74) is 2.01. The molecule has 1 aliphatic carbocycles. The molecule has 1 aromatic rings. The third-order valence-electron chi connectivity index (χ3n) is 2.60. The summed E-state index contributed by atoms with van der Waals surface area (Å²) in [5.74, 6) is -0.133. The van der Waals surface area contributed by atoms with Crippen LogP contribution in [0.2, 0.25) is 0 Å². The Hall–Kier alpha value is -1.65. The average Bonchev–Trinajstić information content (AvgIpc) is 2.34. The number of hydroxylamine groups is 1. The number of benzene rings is 1. The Morgan fingerprint density at radius 2 is 2.00 bits per heavy atom. The minimum Gasteiger partial charge on any atom is -0.289 e. The summed E-state index contributed by atoms with van der Waals surface area (Å²) in [4.78, 5) is 11.6. The summed E-state index contributed by atoms with van der Waals surface area (Å²) in [6.45, 7) is 1.89. The van der Waals surface area contributed by atoms with Gasteiger partial charge in [0.25, 0.3) is 0 Å². The molecule has 0 heterocycles. The Bertz CT molecular complexity index is 573. The van der Waals surface area contributed by atoms with Crippen molar-refractivity contribution in [1.29, 1.82) is 0 Å². The number of carbonyl (C=O) groups excluding carboxylic acids is 1. The molecule has 0 bridgehead atoms. The van der Waals surface area contributed by atoms with Crippen molar-refractivity contribution >= 4 is 27.4 Å². The standard InChI is InChI=1S/C14H12BrNO2/c1-10-4-2-3-5-13(10)16(18)9-11-8-12(15)6-7-14(11)17/h2-9,18H,1H3. The molecule has 1 N–H and O–H groups in total. The van der Waals surface area contributed by atoms with Crippen LogP contribution in [-0.4, -0.2) is 11.0 Å². The maximum absolute atomic E-state index is 11.6. The lowest BCUT2D eigenvalue weighted by Crippen LogP contribution is -2.14. The van der Waals surface area contributed by atoms with Crippen molar-refractivity contribution in [1.82, 2.24) is 0 Å². The summed E-state index contributed by atoms with van der Waals surface area (Å²) in [6, 6.07) is 7.41. The highest BCUT2D eigenvalue weighted by atomic mass is 79.9. The molecule has 0 aromatic heterocycles. The van der Waals surface area contributed by atoms with Gasteiger partial charge in [-0.25, -0.2) is 5.06 Å². The Kier molecular flexibility index (Phi) is 3.79. The van der Waals surface area contributed by atoms with Gasteiger partial charge in [-0.2, -0.15) is 0 Å². The molecule has 0 radical (unpaired) electrons. The molecule has 3 nitrogen and oxygen atoms in total. The van der Waals surface area contributed by atoms with E-state index in [1.54, 1.807) is 18.2 Å². The fraction of sp³-hybridized carbons (Fsp3) is 0.0714. The molecule has 0 atom stereocenters. The minimum absolute atomic E-state index is 0.133. The molecule has 0 spiro atoms. The summed E-state index contributed by atoms with van der Waals surface area (Å²) in [5, 5.41) is 11.0. The first kappa shape index (κ1) is 12.8. The van der Waals surface area contributed by atoms with Crippen molar-refractivity contribution in [3.8, 4) is 0 Å². The molecule has 1 aliphatic rings. The van der Waals surface area contributed by atoms with E-state index in [0.29, 0.717) is 11.3 Å². The van der Waals surface area contributed by atoms with Crippen LogP contribution in [0.1, 0.15) is 5.56 Å². The van der Waals surface area contributed by atoms with Gasteiger partial charge in [-0.15, -0.1) is 0 Å². The number of hydrogen-bond donors (Lipinski definition) is 1. The van der Waals surface area contributed by atoms with E-state index in [1.807, 2.05) is 25.1 Å². The van der Waals surface area contributed by atoms with E-state index in [4.69, 9.17) is 0 Å². The molecule has 18 heavy (non-hydrogen) atoms. The number of aryl methyl sites for hydroxylation is 1. The number of allylic oxidation sites excluding steroid dienone is 5. The first-order valence-electron chi connectivity index (χ1n) is 5.43. The van der Waals surface area contributed by atoms with Crippen LogP contribution < -0.4 is 5.06 Å². The third kappa shape index (κ3) is 2.78. The topological polar surface area (TPSA) is 40.5 Å². The molecular formula is C14H12BrNO2. The average molecular weight is 306 g/mol. The van der Waals surface area contributed by atoms with E-state index in [9.17, 15) is 10.0 Å². The Labute approximate surface area is 114 Å². The van der Waals surface area contributed by atoms with Gasteiger partial charge in [0, 0.05) is 16.3 Å². The van der Waals surface area contributed by atoms with Gasteiger partial charge < -0.3 is 0 Å². The summed E-state index contributed by atoms with van der Waals surface area (Å²) in [7, 11) is 0. The smallest absolute Gasteiger partial charge is 0.187 e. The Morgan fingerprint density at radius 3 is 2.72 bits per heavy atom. The number of nitrogens with zero attached hydrogens (tertiary/aromatic N) is 1. The van der Waals surface area contributed by atoms with E-state index >= 15 is 0 Å². The van der Waals surface area contributed by atoms with Crippen molar-refractivity contribution < 1.29 is 10.0 Å². The van der Waals surface area contributed by atoms with Gasteiger partial charge in [-0.3, -0.25) is 10.0 Å². The van der Waals surface area contributed by atoms with Crippen LogP contribution in [0, 0.1) is 6.92 Å². The normalized spacial score (nSPS) is 16.9. The minimum atomic E-state index is -0.133. The second kappa shape index (κ2) is 5.33. The van der Waals surface area contributed by atoms with Crippen LogP contribution in [0.4, 0.5) is 5.69 Å². The Balaban J connectivity index is 2.31. The lowest BCUT2D eigenvalue weighted by Gasteiger charge is -2.16. The van der Waals surface area contributed by atoms with Gasteiger partial charge in [0.05, 0.1) is 5.69 Å². The summed E-state index contributed by atoms with van der Waals surface area (Å²) >= 11 is 3.30. The first-order chi connectivity index (χ1) is 8.58. The maximum atomic E-state index is 11.6. The van der Waals surface area contributed by atoms with Gasteiger partial charge in [0.2, 0.25) is 0 Å². The third-order valence-corrected chi connectivity index (χ3v) is 3.09. The van der Waals surface area contributed by atoms with Crippen molar-refractivity contribution in [3.05, 3.63) is 64.3 Å². The lowest BCUT2D eigenvalue weighted by atomic mass is 10.1. The van der Waals surface area contributed by atoms with Crippen LogP contribution in [0.3, 0.4) is 0 Å². The van der Waals surface area contributed by atoms with Crippen molar-refractivity contribution in [3.63, 3.8) is 0 Å². The van der Waals surface area contributed by atoms with Gasteiger partial charge >= 0.3 is 0 Å². The van der Waals surface area contributed by atoms with Gasteiger partial charge in [-0.1, -0.05) is 34.1 Å². The highest BCUT2D eigenvalue weighted by Gasteiger charge is 2.11. The molecule has 0 unspecified atom stereocenters. The molecule has 0 saturated heterocycles. The zero-order chi connectivity index (χ0) is 13.1. The fourth-order valence-electron chi connectivity index (χ4n) is 1.64. The predicted molar refractivity (Wildman–Crippen MR) is 74.7 cm³/mol. The Morgan fingerprint density at radius 1 is 1.28 bits per heavy atom. The molecule has 0 aliphatic heterocycles. The highest BCUT2D eigenvalue weighted by Crippen LogP contribution is 2.22. The van der Waals surface area contributed by atoms with E-state index < -0.39 is 0 Å². The predicted octanol–water partition coefficient (Wildman–Crippen LogP) is 3.49. The summed E-state index contributed by atoms with van der Waals surface area (Å²) < 4.78 is 0.798. The fourth-order valence-corrected chi connectivity index (χ4v) is 2.02. The summed E-state index contributed by atoms with van der Waals surface area (Å²) in [6.07, 6.45) is 6.22. The lowest BCUT2D eigenvalue weighted by molar-refractivity contribution is -0.111. The number of carbonyl (C=O) groups is 1. The maximum Gasteiger partial charge on any atom is 0.187 e. The zero-order valence-corrected chi connectivity index (χ0v) is 11.4. The number of hydrogen-bond acceptors (Lipinski definition) is 3. The highest BCUT2D eigenvalue weighted by molar-refractivity contribution is 9.11. The van der Waals surface area contributed by atoms with E-state index in [-0.39, 0.29) is 5.78 Å². The molecule has 0 amide bonds. The van der Waals surface area contributed by atoms with Gasteiger partial charge in [0.1, 0.15) is 0 Å². The van der Waals surface area contributed by atoms with Crippen molar-refractivity contribution in [2.24, 2.45) is 0 Å². The number of halogens is 1. The SMILES string of the molecule is Cc1ccccc1N(O)C=C1C=C(Br)C=CC1=O. The first-order valence-corrected chi connectivity index (χ1v) is 6.22. The van der Waals surface area contributed by atoms with Crippen LogP contribution in [-0.2, 0) is 4.79 Å². The zero-order valence-electron chi connectivity index (χ0n) is 9.80. The van der Waals surface area contributed by atoms with Crippen molar-refractivity contribution in [2.45, 2.75) is 6.92 Å². The molecule has 2 rings (SSSR count). The monoisotopic (exact) mass is 305 g/mol. The number of rotatable bonds is 2. The number of anilines is 1. The van der Waals surface area contributed by atoms with Gasteiger partial charge in [-0.05, 0) is 36.8 Å². The van der Waals surface area contributed by atoms with Crippen LogP contribution in [0.5, 0.6) is 0 Å². The molecule has 1 aromatic carbocycles. The molecule has 0 saturated carbocycles. The van der Waals surface area contributed by atoms with Crippen LogP contribution in [0.25, 0.3) is 0 Å². The molecule has 92 valence electrons. The van der Waals surface area contributed by atoms with Crippen LogP contribution >= 0.6 is 15.9 Å². The van der Waals surface area contributed by atoms with E-state index in [1.165, 1.54) is 12.3 Å². The van der Waals surface area contributed by atoms with E-state index in [0.717, 1.165) is 15.1 Å². The van der Waals surface area contributed by atoms with Crippen molar-refractivity contribution in [2.75, 3.05) is 5.06 Å². The second-order valence-electron chi connectivity index (χ2n) is 3.94. The molecular weight excluding hydrogens is 294 g/mol.